The third-order valence-electron chi connectivity index (χ3n) is 11.0. The number of nitrogens with zero attached hydrogens (tertiary/aromatic N) is 2. The van der Waals surface area contributed by atoms with Crippen LogP contribution in [0.1, 0.15) is 0 Å². The van der Waals surface area contributed by atoms with Crippen molar-refractivity contribution in [2.75, 3.05) is 9.80 Å². The molecule has 0 unspecified atom stereocenters. The molecule has 0 saturated heterocycles. The summed E-state index contributed by atoms with van der Waals surface area (Å²) in [7, 11) is 0. The van der Waals surface area contributed by atoms with E-state index in [0.717, 1.165) is 100 Å². The average Bonchev–Trinajstić information content (AvgIpc) is 3.85. The van der Waals surface area contributed by atoms with Gasteiger partial charge in [-0.25, -0.2) is 0 Å². The second-order valence-electron chi connectivity index (χ2n) is 14.6. The number of hydrogen-bond donors (Lipinski definition) is 0. The second kappa shape index (κ2) is 14.0. The molecule has 4 heteroatoms. The van der Waals surface area contributed by atoms with Crippen LogP contribution in [0.4, 0.5) is 34.1 Å². The molecule has 0 amide bonds. The molecule has 11 aromatic rings. The topological polar surface area (TPSA) is 32.8 Å². The second-order valence-corrected chi connectivity index (χ2v) is 14.6. The van der Waals surface area contributed by atoms with E-state index >= 15 is 0 Å². The highest BCUT2D eigenvalue weighted by molar-refractivity contribution is 6.07. The van der Waals surface area contributed by atoms with Crippen LogP contribution < -0.4 is 9.80 Å². The molecule has 2 heterocycles. The number of fused-ring (bicyclic) bond motifs is 6. The summed E-state index contributed by atoms with van der Waals surface area (Å²) < 4.78 is 12.7. The Morgan fingerprint density at radius 1 is 0.224 bits per heavy atom. The molecule has 2 aromatic heterocycles. The molecule has 274 valence electrons. The van der Waals surface area contributed by atoms with Gasteiger partial charge in [0.15, 0.2) is 0 Å². The van der Waals surface area contributed by atoms with Gasteiger partial charge in [-0.3, -0.25) is 0 Å². The highest BCUT2D eigenvalue weighted by atomic mass is 16.3. The Hall–Kier alpha value is -7.82. The van der Waals surface area contributed by atoms with Crippen LogP contribution in [0, 0.1) is 0 Å². The van der Waals surface area contributed by atoms with Crippen molar-refractivity contribution >= 4 is 78.0 Å². The third kappa shape index (κ3) is 5.96. The lowest BCUT2D eigenvalue weighted by Crippen LogP contribution is -2.09. The van der Waals surface area contributed by atoms with Gasteiger partial charge >= 0.3 is 0 Å². The minimum atomic E-state index is 0.867. The SMILES string of the molecule is c1ccc(N(c2cccc(-c3cccc(-c4cccc(N(c5ccccc5)c5ccc6c(c5)oc5ccccc56)c4)c3)c2)c2ccc3c(c2)oc2ccccc23)cc1. The van der Waals surface area contributed by atoms with Crippen LogP contribution in [0.2, 0.25) is 0 Å². The van der Waals surface area contributed by atoms with Gasteiger partial charge in [0.25, 0.3) is 0 Å². The standard InChI is InChI=1S/C54H36N2O2/c1-3-18-41(19-4-1)55(45-28-30-49-47-24-7-9-26-51(47)57-53(49)35-45)43-22-12-16-39(33-43)37-14-11-15-38(32-37)40-17-13-23-44(34-40)56(42-20-5-2-6-21-42)46-29-31-50-48-25-8-10-27-52(48)58-54(50)36-46/h1-36H. The average molecular weight is 745 g/mol. The molecular formula is C54H36N2O2. The first kappa shape index (κ1) is 33.5. The van der Waals surface area contributed by atoms with Crippen molar-refractivity contribution in [2.24, 2.45) is 0 Å². The number of benzene rings is 9. The summed E-state index contributed by atoms with van der Waals surface area (Å²) in [5.41, 5.74) is 14.4. The third-order valence-corrected chi connectivity index (χ3v) is 11.0. The molecule has 4 nitrogen and oxygen atoms in total. The van der Waals surface area contributed by atoms with Crippen LogP contribution in [-0.2, 0) is 0 Å². The van der Waals surface area contributed by atoms with Gasteiger partial charge in [-0.15, -0.1) is 0 Å². The Labute approximate surface area is 336 Å². The van der Waals surface area contributed by atoms with Crippen molar-refractivity contribution in [3.05, 3.63) is 218 Å². The molecule has 0 aliphatic carbocycles. The Bertz CT molecular complexity index is 3040. The fourth-order valence-electron chi connectivity index (χ4n) is 8.28. The van der Waals surface area contributed by atoms with E-state index in [1.807, 2.05) is 24.3 Å². The zero-order valence-corrected chi connectivity index (χ0v) is 31.5. The predicted octanol–water partition coefficient (Wildman–Crippen LogP) is 15.8. The molecule has 0 N–H and O–H groups in total. The minimum Gasteiger partial charge on any atom is -0.456 e. The summed E-state index contributed by atoms with van der Waals surface area (Å²) in [5, 5.41) is 4.47. The van der Waals surface area contributed by atoms with E-state index in [-0.39, 0.29) is 0 Å². The maximum absolute atomic E-state index is 6.33. The van der Waals surface area contributed by atoms with Crippen LogP contribution >= 0.6 is 0 Å². The zero-order chi connectivity index (χ0) is 38.4. The van der Waals surface area contributed by atoms with Gasteiger partial charge in [0.1, 0.15) is 22.3 Å². The van der Waals surface area contributed by atoms with E-state index in [2.05, 4.69) is 204 Å². The molecule has 0 saturated carbocycles. The van der Waals surface area contributed by atoms with Gasteiger partial charge < -0.3 is 18.6 Å². The minimum absolute atomic E-state index is 0.867. The van der Waals surface area contributed by atoms with Gasteiger partial charge in [-0.1, -0.05) is 115 Å². The van der Waals surface area contributed by atoms with Crippen molar-refractivity contribution in [1.29, 1.82) is 0 Å². The van der Waals surface area contributed by atoms with E-state index in [4.69, 9.17) is 8.83 Å². The van der Waals surface area contributed by atoms with E-state index in [0.29, 0.717) is 0 Å². The van der Waals surface area contributed by atoms with Gasteiger partial charge in [0.2, 0.25) is 0 Å². The largest absolute Gasteiger partial charge is 0.456 e. The summed E-state index contributed by atoms with van der Waals surface area (Å²) in [6, 6.07) is 76.9. The summed E-state index contributed by atoms with van der Waals surface area (Å²) in [6.45, 7) is 0. The maximum atomic E-state index is 6.33. The highest BCUT2D eigenvalue weighted by Gasteiger charge is 2.18. The molecule has 0 atom stereocenters. The molecule has 0 fully saturated rings. The van der Waals surface area contributed by atoms with E-state index in [9.17, 15) is 0 Å². The normalized spacial score (nSPS) is 11.4. The quantitative estimate of drug-likeness (QED) is 0.155. The van der Waals surface area contributed by atoms with Crippen LogP contribution in [0.15, 0.2) is 227 Å². The Morgan fingerprint density at radius 3 is 1.03 bits per heavy atom. The number of rotatable bonds is 8. The van der Waals surface area contributed by atoms with Gasteiger partial charge in [0.05, 0.1) is 0 Å². The molecule has 0 aliphatic rings. The Kier molecular flexibility index (Phi) is 8.11. The van der Waals surface area contributed by atoms with Crippen molar-refractivity contribution in [3.63, 3.8) is 0 Å². The predicted molar refractivity (Wildman–Crippen MR) is 241 cm³/mol. The maximum Gasteiger partial charge on any atom is 0.137 e. The van der Waals surface area contributed by atoms with Gasteiger partial charge in [-0.05, 0) is 113 Å². The first-order valence-electron chi connectivity index (χ1n) is 19.6. The Balaban J connectivity index is 0.966. The van der Waals surface area contributed by atoms with Crippen LogP contribution in [0.5, 0.6) is 0 Å². The van der Waals surface area contributed by atoms with E-state index in [1.54, 1.807) is 0 Å². The van der Waals surface area contributed by atoms with Crippen molar-refractivity contribution < 1.29 is 8.83 Å². The van der Waals surface area contributed by atoms with Crippen molar-refractivity contribution in [1.82, 2.24) is 0 Å². The first-order chi connectivity index (χ1) is 28.7. The van der Waals surface area contributed by atoms with Crippen molar-refractivity contribution in [2.45, 2.75) is 0 Å². The highest BCUT2D eigenvalue weighted by Crippen LogP contribution is 2.42. The summed E-state index contributed by atoms with van der Waals surface area (Å²) in [6.07, 6.45) is 0. The molecule has 0 spiro atoms. The summed E-state index contributed by atoms with van der Waals surface area (Å²) in [4.78, 5) is 4.59. The van der Waals surface area contributed by atoms with Crippen molar-refractivity contribution in [3.8, 4) is 22.3 Å². The smallest absolute Gasteiger partial charge is 0.137 e. The van der Waals surface area contributed by atoms with Gasteiger partial charge in [0, 0.05) is 67.8 Å². The first-order valence-corrected chi connectivity index (χ1v) is 19.6. The lowest BCUT2D eigenvalue weighted by molar-refractivity contribution is 0.668. The number of hydrogen-bond acceptors (Lipinski definition) is 4. The lowest BCUT2D eigenvalue weighted by Gasteiger charge is -2.26. The zero-order valence-electron chi connectivity index (χ0n) is 31.5. The fraction of sp³-hybridized carbons (Fsp3) is 0. The lowest BCUT2D eigenvalue weighted by atomic mass is 9.98. The van der Waals surface area contributed by atoms with E-state index in [1.165, 1.54) is 0 Å². The molecule has 11 rings (SSSR count). The van der Waals surface area contributed by atoms with Crippen LogP contribution in [-0.4, -0.2) is 0 Å². The number of para-hydroxylation sites is 4. The molecular weight excluding hydrogens is 709 g/mol. The van der Waals surface area contributed by atoms with Gasteiger partial charge in [-0.2, -0.15) is 0 Å². The van der Waals surface area contributed by atoms with E-state index < -0.39 is 0 Å². The molecule has 0 radical (unpaired) electrons. The molecule has 0 bridgehead atoms. The Morgan fingerprint density at radius 2 is 0.569 bits per heavy atom. The van der Waals surface area contributed by atoms with Crippen LogP contribution in [0.3, 0.4) is 0 Å². The molecule has 58 heavy (non-hydrogen) atoms. The summed E-state index contributed by atoms with van der Waals surface area (Å²) in [5.74, 6) is 0. The molecule has 0 aliphatic heterocycles. The fourth-order valence-corrected chi connectivity index (χ4v) is 8.28. The summed E-state index contributed by atoms with van der Waals surface area (Å²) >= 11 is 0. The monoisotopic (exact) mass is 744 g/mol. The number of furan rings is 2. The molecule has 9 aromatic carbocycles. The van der Waals surface area contributed by atoms with Crippen LogP contribution in [0.25, 0.3) is 66.1 Å². The number of anilines is 6.